The summed E-state index contributed by atoms with van der Waals surface area (Å²) in [5.74, 6) is 0.121. The summed E-state index contributed by atoms with van der Waals surface area (Å²) in [5, 5.41) is 7.48. The fraction of sp³-hybridized carbons (Fsp3) is 0.308. The number of hydrogen-bond donors (Lipinski definition) is 1. The predicted molar refractivity (Wildman–Crippen MR) is 75.7 cm³/mol. The molecule has 1 N–H and O–H groups in total. The van der Waals surface area contributed by atoms with Gasteiger partial charge in [-0.15, -0.1) is 5.10 Å². The first-order valence-corrected chi connectivity index (χ1v) is 6.48. The molecule has 0 aliphatic heterocycles. The Morgan fingerprint density at radius 1 is 1.40 bits per heavy atom. The van der Waals surface area contributed by atoms with Crippen LogP contribution in [0.15, 0.2) is 30.6 Å². The Bertz CT molecular complexity index is 568. The summed E-state index contributed by atoms with van der Waals surface area (Å²) in [6.45, 7) is 0.940. The summed E-state index contributed by atoms with van der Waals surface area (Å²) in [6.07, 6.45) is 1.85. The molecule has 0 aliphatic rings. The number of benzene rings is 1. The minimum atomic E-state index is -0.170. The van der Waals surface area contributed by atoms with Crippen LogP contribution in [-0.2, 0) is 16.1 Å². The van der Waals surface area contributed by atoms with E-state index in [1.54, 1.807) is 18.1 Å². The Morgan fingerprint density at radius 3 is 2.85 bits per heavy atom. The molecule has 0 spiro atoms. The van der Waals surface area contributed by atoms with E-state index in [1.807, 2.05) is 24.3 Å². The molecular formula is C13H15ClN4O2. The molecular weight excluding hydrogens is 280 g/mol. The number of aromatic nitrogens is 3. The van der Waals surface area contributed by atoms with E-state index in [0.717, 1.165) is 5.56 Å². The average Bonchev–Trinajstić information content (AvgIpc) is 2.86. The van der Waals surface area contributed by atoms with Gasteiger partial charge >= 0.3 is 0 Å². The number of hydrogen-bond acceptors (Lipinski definition) is 4. The van der Waals surface area contributed by atoms with Gasteiger partial charge in [-0.3, -0.25) is 10.1 Å². The highest BCUT2D eigenvalue weighted by atomic mass is 35.5. The number of amides is 1. The number of anilines is 1. The van der Waals surface area contributed by atoms with Crippen LogP contribution in [0.1, 0.15) is 12.0 Å². The molecule has 0 radical (unpaired) electrons. The minimum absolute atomic E-state index is 0.170. The second kappa shape index (κ2) is 7.02. The molecule has 2 rings (SSSR count). The molecule has 0 atom stereocenters. The molecule has 0 fully saturated rings. The van der Waals surface area contributed by atoms with Gasteiger partial charge in [-0.1, -0.05) is 23.7 Å². The number of nitrogens with zero attached hydrogens (tertiary/aromatic N) is 3. The maximum atomic E-state index is 11.5. The molecule has 0 saturated heterocycles. The number of ether oxygens (including phenoxy) is 1. The minimum Gasteiger partial charge on any atom is -0.384 e. The first kappa shape index (κ1) is 14.5. The number of methoxy groups -OCH3 is 1. The summed E-state index contributed by atoms with van der Waals surface area (Å²) in [4.78, 5) is 15.5. The van der Waals surface area contributed by atoms with Crippen LogP contribution in [0.5, 0.6) is 0 Å². The van der Waals surface area contributed by atoms with Crippen molar-refractivity contribution in [3.63, 3.8) is 0 Å². The van der Waals surface area contributed by atoms with Gasteiger partial charge in [0.15, 0.2) is 0 Å². The van der Waals surface area contributed by atoms with Gasteiger partial charge in [0.05, 0.1) is 19.6 Å². The number of nitrogens with one attached hydrogen (secondary N) is 1. The first-order chi connectivity index (χ1) is 9.67. The van der Waals surface area contributed by atoms with Crippen LogP contribution in [0.3, 0.4) is 0 Å². The van der Waals surface area contributed by atoms with E-state index in [9.17, 15) is 4.79 Å². The van der Waals surface area contributed by atoms with Crippen molar-refractivity contribution in [2.45, 2.75) is 13.0 Å². The fourth-order valence-corrected chi connectivity index (χ4v) is 1.71. The molecule has 1 amide bonds. The normalized spacial score (nSPS) is 10.5. The molecule has 20 heavy (non-hydrogen) atoms. The van der Waals surface area contributed by atoms with Gasteiger partial charge in [-0.05, 0) is 17.7 Å². The SMILES string of the molecule is COCCC(=O)Nc1ncn(Cc2ccc(Cl)cc2)n1. The second-order valence-electron chi connectivity index (χ2n) is 4.18. The summed E-state index contributed by atoms with van der Waals surface area (Å²) in [6, 6.07) is 7.48. The van der Waals surface area contributed by atoms with E-state index >= 15 is 0 Å². The summed E-state index contributed by atoms with van der Waals surface area (Å²) in [7, 11) is 1.55. The van der Waals surface area contributed by atoms with Crippen LogP contribution in [0.2, 0.25) is 5.02 Å². The van der Waals surface area contributed by atoms with E-state index in [-0.39, 0.29) is 12.3 Å². The molecule has 6 nitrogen and oxygen atoms in total. The topological polar surface area (TPSA) is 69.0 Å². The molecule has 0 bridgehead atoms. The Kier molecular flexibility index (Phi) is 5.09. The monoisotopic (exact) mass is 294 g/mol. The standard InChI is InChI=1S/C13H15ClN4O2/c1-20-7-6-12(19)16-13-15-9-18(17-13)8-10-2-4-11(14)5-3-10/h2-5,9H,6-8H2,1H3,(H,16,17,19). The average molecular weight is 295 g/mol. The maximum absolute atomic E-state index is 11.5. The van der Waals surface area contributed by atoms with Crippen LogP contribution in [0.4, 0.5) is 5.95 Å². The maximum Gasteiger partial charge on any atom is 0.248 e. The largest absolute Gasteiger partial charge is 0.384 e. The molecule has 1 aromatic carbocycles. The van der Waals surface area contributed by atoms with Gasteiger partial charge in [-0.25, -0.2) is 9.67 Å². The van der Waals surface area contributed by atoms with E-state index in [1.165, 1.54) is 0 Å². The van der Waals surface area contributed by atoms with Crippen molar-refractivity contribution in [3.05, 3.63) is 41.2 Å². The lowest BCUT2D eigenvalue weighted by molar-refractivity contribution is -0.117. The molecule has 1 aromatic heterocycles. The zero-order valence-electron chi connectivity index (χ0n) is 11.0. The molecule has 1 heterocycles. The van der Waals surface area contributed by atoms with Crippen molar-refractivity contribution >= 4 is 23.5 Å². The third-order valence-corrected chi connectivity index (χ3v) is 2.83. The number of halogens is 1. The van der Waals surface area contributed by atoms with Crippen molar-refractivity contribution in [1.82, 2.24) is 14.8 Å². The van der Waals surface area contributed by atoms with E-state index < -0.39 is 0 Å². The Labute approximate surface area is 121 Å². The highest BCUT2D eigenvalue weighted by molar-refractivity contribution is 6.30. The summed E-state index contributed by atoms with van der Waals surface area (Å²) >= 11 is 5.83. The van der Waals surface area contributed by atoms with Gasteiger partial charge in [0.2, 0.25) is 11.9 Å². The fourth-order valence-electron chi connectivity index (χ4n) is 1.59. The van der Waals surface area contributed by atoms with Crippen molar-refractivity contribution in [3.8, 4) is 0 Å². The lowest BCUT2D eigenvalue weighted by Crippen LogP contribution is -2.15. The smallest absolute Gasteiger partial charge is 0.248 e. The van der Waals surface area contributed by atoms with Gasteiger partial charge in [0.25, 0.3) is 0 Å². The van der Waals surface area contributed by atoms with Crippen LogP contribution >= 0.6 is 11.6 Å². The number of carbonyl (C=O) groups excluding carboxylic acids is 1. The lowest BCUT2D eigenvalue weighted by atomic mass is 10.2. The highest BCUT2D eigenvalue weighted by Gasteiger charge is 2.06. The first-order valence-electron chi connectivity index (χ1n) is 6.10. The third-order valence-electron chi connectivity index (χ3n) is 2.58. The van der Waals surface area contributed by atoms with Crippen LogP contribution in [0.25, 0.3) is 0 Å². The molecule has 106 valence electrons. The summed E-state index contributed by atoms with van der Waals surface area (Å²) < 4.78 is 6.47. The summed E-state index contributed by atoms with van der Waals surface area (Å²) in [5.41, 5.74) is 1.05. The predicted octanol–water partition coefficient (Wildman–Crippen LogP) is 1.95. The number of rotatable bonds is 6. The van der Waals surface area contributed by atoms with Crippen molar-refractivity contribution in [1.29, 1.82) is 0 Å². The third kappa shape index (κ3) is 4.32. The van der Waals surface area contributed by atoms with Gasteiger partial charge < -0.3 is 4.74 Å². The quantitative estimate of drug-likeness (QED) is 0.884. The highest BCUT2D eigenvalue weighted by Crippen LogP contribution is 2.10. The van der Waals surface area contributed by atoms with Crippen LogP contribution in [0, 0.1) is 0 Å². The molecule has 0 aliphatic carbocycles. The molecule has 0 saturated carbocycles. The van der Waals surface area contributed by atoms with Crippen LogP contribution < -0.4 is 5.32 Å². The van der Waals surface area contributed by atoms with Crippen molar-refractivity contribution < 1.29 is 9.53 Å². The Morgan fingerprint density at radius 2 is 2.15 bits per heavy atom. The number of carbonyl (C=O) groups is 1. The molecule has 7 heteroatoms. The zero-order chi connectivity index (χ0) is 14.4. The van der Waals surface area contributed by atoms with Gasteiger partial charge in [0.1, 0.15) is 6.33 Å². The van der Waals surface area contributed by atoms with E-state index in [0.29, 0.717) is 24.1 Å². The molecule has 0 unspecified atom stereocenters. The van der Waals surface area contributed by atoms with Crippen molar-refractivity contribution in [2.24, 2.45) is 0 Å². The zero-order valence-corrected chi connectivity index (χ0v) is 11.8. The van der Waals surface area contributed by atoms with E-state index in [2.05, 4.69) is 15.4 Å². The second-order valence-corrected chi connectivity index (χ2v) is 4.62. The van der Waals surface area contributed by atoms with Gasteiger partial charge in [-0.2, -0.15) is 0 Å². The van der Waals surface area contributed by atoms with Gasteiger partial charge in [0, 0.05) is 12.1 Å². The lowest BCUT2D eigenvalue weighted by Gasteiger charge is -2.01. The van der Waals surface area contributed by atoms with E-state index in [4.69, 9.17) is 16.3 Å². The Balaban J connectivity index is 1.91. The Hall–Kier alpha value is -1.92. The molecule has 2 aromatic rings. The van der Waals surface area contributed by atoms with Crippen molar-refractivity contribution in [2.75, 3.05) is 19.0 Å². The van der Waals surface area contributed by atoms with Crippen LogP contribution in [-0.4, -0.2) is 34.4 Å².